The summed E-state index contributed by atoms with van der Waals surface area (Å²) in [4.78, 5) is 23.6. The van der Waals surface area contributed by atoms with Gasteiger partial charge in [-0.25, -0.2) is 9.97 Å². The molecule has 1 aromatic heterocycles. The van der Waals surface area contributed by atoms with Crippen LogP contribution in [0.2, 0.25) is 0 Å². The van der Waals surface area contributed by atoms with Crippen LogP contribution in [0.15, 0.2) is 30.6 Å². The van der Waals surface area contributed by atoms with E-state index in [4.69, 9.17) is 9.47 Å². The van der Waals surface area contributed by atoms with E-state index in [-0.39, 0.29) is 5.91 Å². The van der Waals surface area contributed by atoms with Crippen LogP contribution in [-0.4, -0.2) is 49.7 Å². The van der Waals surface area contributed by atoms with E-state index >= 15 is 0 Å². The van der Waals surface area contributed by atoms with Gasteiger partial charge in [-0.2, -0.15) is 0 Å². The summed E-state index contributed by atoms with van der Waals surface area (Å²) >= 11 is 0. The SMILES string of the molecule is CCCNc1cc(N2CCC[C@H](CCC(=O)Nc3ccc(OC)cc3OC)C2)ncn1. The first-order valence-corrected chi connectivity index (χ1v) is 11.0. The minimum absolute atomic E-state index is 0.00585. The molecule has 0 unspecified atom stereocenters. The second-order valence-corrected chi connectivity index (χ2v) is 7.80. The number of benzene rings is 1. The third-order valence-corrected chi connectivity index (χ3v) is 5.51. The summed E-state index contributed by atoms with van der Waals surface area (Å²) in [6.07, 6.45) is 6.21. The van der Waals surface area contributed by atoms with Crippen LogP contribution in [0.25, 0.3) is 0 Å². The fourth-order valence-corrected chi connectivity index (χ4v) is 3.83. The molecular formula is C23H33N5O3. The Morgan fingerprint density at radius 2 is 2.10 bits per heavy atom. The number of ether oxygens (including phenoxy) is 2. The summed E-state index contributed by atoms with van der Waals surface area (Å²) in [5, 5.41) is 6.28. The molecule has 0 bridgehead atoms. The smallest absolute Gasteiger partial charge is 0.224 e. The standard InChI is InChI=1S/C23H33N5O3/c1-4-11-24-21-14-22(26-16-25-21)28-12-5-6-17(15-28)7-10-23(29)27-19-9-8-18(30-2)13-20(19)31-3/h8-9,13-14,16-17H,4-7,10-12,15H2,1-3H3,(H,27,29)(H,24,25,26)/t17-/m1/s1. The van der Waals surface area contributed by atoms with Crippen molar-refractivity contribution < 1.29 is 14.3 Å². The molecule has 168 valence electrons. The van der Waals surface area contributed by atoms with Gasteiger partial charge in [0.2, 0.25) is 5.91 Å². The molecule has 8 nitrogen and oxygen atoms in total. The molecule has 1 fully saturated rings. The largest absolute Gasteiger partial charge is 0.497 e. The van der Waals surface area contributed by atoms with Crippen LogP contribution >= 0.6 is 0 Å². The second kappa shape index (κ2) is 11.4. The van der Waals surface area contributed by atoms with Crippen LogP contribution < -0.4 is 25.0 Å². The zero-order valence-corrected chi connectivity index (χ0v) is 18.7. The summed E-state index contributed by atoms with van der Waals surface area (Å²) in [6, 6.07) is 7.39. The lowest BCUT2D eigenvalue weighted by molar-refractivity contribution is -0.116. The summed E-state index contributed by atoms with van der Waals surface area (Å²) in [7, 11) is 3.18. The van der Waals surface area contributed by atoms with Crippen LogP contribution in [0.1, 0.15) is 39.0 Å². The molecule has 8 heteroatoms. The third-order valence-electron chi connectivity index (χ3n) is 5.51. The molecule has 0 radical (unpaired) electrons. The molecule has 0 saturated carbocycles. The van der Waals surface area contributed by atoms with Gasteiger partial charge in [0.25, 0.3) is 0 Å². The molecule has 0 aliphatic carbocycles. The van der Waals surface area contributed by atoms with Crippen molar-refractivity contribution in [2.24, 2.45) is 5.92 Å². The fourth-order valence-electron chi connectivity index (χ4n) is 3.83. The number of rotatable bonds is 10. The molecule has 1 aliphatic rings. The molecular weight excluding hydrogens is 394 g/mol. The topological polar surface area (TPSA) is 88.6 Å². The first-order chi connectivity index (χ1) is 15.1. The summed E-state index contributed by atoms with van der Waals surface area (Å²) in [5.74, 6) is 3.54. The predicted molar refractivity (Wildman–Crippen MR) is 123 cm³/mol. The van der Waals surface area contributed by atoms with Crippen molar-refractivity contribution in [3.8, 4) is 11.5 Å². The molecule has 2 aromatic rings. The van der Waals surface area contributed by atoms with Crippen molar-refractivity contribution >= 4 is 23.2 Å². The molecule has 3 rings (SSSR count). The average molecular weight is 428 g/mol. The van der Waals surface area contributed by atoms with Gasteiger partial charge in [-0.15, -0.1) is 0 Å². The molecule has 1 aliphatic heterocycles. The number of nitrogens with one attached hydrogen (secondary N) is 2. The van der Waals surface area contributed by atoms with Gasteiger partial charge < -0.3 is 25.0 Å². The lowest BCUT2D eigenvalue weighted by atomic mass is 9.93. The first kappa shape index (κ1) is 22.7. The number of anilines is 3. The molecule has 2 N–H and O–H groups in total. The second-order valence-electron chi connectivity index (χ2n) is 7.80. The molecule has 1 aromatic carbocycles. The van der Waals surface area contributed by atoms with E-state index in [1.165, 1.54) is 0 Å². The van der Waals surface area contributed by atoms with Crippen LogP contribution in [0.4, 0.5) is 17.3 Å². The maximum absolute atomic E-state index is 12.5. The Bertz CT molecular complexity index is 861. The highest BCUT2D eigenvalue weighted by atomic mass is 16.5. The summed E-state index contributed by atoms with van der Waals surface area (Å²) < 4.78 is 10.6. The van der Waals surface area contributed by atoms with Crippen LogP contribution in [-0.2, 0) is 4.79 Å². The number of nitrogens with zero attached hydrogens (tertiary/aromatic N) is 3. The molecule has 0 spiro atoms. The van der Waals surface area contributed by atoms with Gasteiger partial charge in [0.05, 0.1) is 19.9 Å². The van der Waals surface area contributed by atoms with Crippen molar-refractivity contribution in [3.63, 3.8) is 0 Å². The minimum atomic E-state index is -0.00585. The molecule has 2 heterocycles. The van der Waals surface area contributed by atoms with Crippen molar-refractivity contribution in [1.82, 2.24) is 9.97 Å². The maximum Gasteiger partial charge on any atom is 0.224 e. The van der Waals surface area contributed by atoms with E-state index < -0.39 is 0 Å². The zero-order chi connectivity index (χ0) is 22.1. The Morgan fingerprint density at radius 3 is 2.87 bits per heavy atom. The number of methoxy groups -OCH3 is 2. The van der Waals surface area contributed by atoms with E-state index in [2.05, 4.69) is 32.4 Å². The van der Waals surface area contributed by atoms with Gasteiger partial charge in [0.1, 0.15) is 29.5 Å². The number of carbonyl (C=O) groups is 1. The van der Waals surface area contributed by atoms with Crippen molar-refractivity contribution in [3.05, 3.63) is 30.6 Å². The van der Waals surface area contributed by atoms with Crippen LogP contribution in [0.5, 0.6) is 11.5 Å². The molecule has 1 atom stereocenters. The van der Waals surface area contributed by atoms with Gasteiger partial charge in [-0.1, -0.05) is 6.92 Å². The average Bonchev–Trinajstić information content (AvgIpc) is 2.82. The van der Waals surface area contributed by atoms with Crippen molar-refractivity contribution in [2.45, 2.75) is 39.0 Å². The Balaban J connectivity index is 1.52. The predicted octanol–water partition coefficient (Wildman–Crippen LogP) is 3.95. The molecule has 1 saturated heterocycles. The minimum Gasteiger partial charge on any atom is -0.497 e. The summed E-state index contributed by atoms with van der Waals surface area (Å²) in [5.41, 5.74) is 0.659. The lowest BCUT2D eigenvalue weighted by Crippen LogP contribution is -2.36. The van der Waals surface area contributed by atoms with Gasteiger partial charge >= 0.3 is 0 Å². The van der Waals surface area contributed by atoms with E-state index in [0.29, 0.717) is 29.5 Å². The third kappa shape index (κ3) is 6.47. The monoisotopic (exact) mass is 427 g/mol. The van der Waals surface area contributed by atoms with E-state index in [1.807, 2.05) is 12.1 Å². The van der Waals surface area contributed by atoms with Gasteiger partial charge in [0, 0.05) is 38.2 Å². The van der Waals surface area contributed by atoms with E-state index in [9.17, 15) is 4.79 Å². The Labute approximate surface area is 184 Å². The maximum atomic E-state index is 12.5. The van der Waals surface area contributed by atoms with Crippen molar-refractivity contribution in [2.75, 3.05) is 49.4 Å². The number of hydrogen-bond acceptors (Lipinski definition) is 7. The Hall–Kier alpha value is -3.03. The number of hydrogen-bond donors (Lipinski definition) is 2. The van der Waals surface area contributed by atoms with Gasteiger partial charge in [-0.05, 0) is 43.7 Å². The fraction of sp³-hybridized carbons (Fsp3) is 0.522. The quantitative estimate of drug-likeness (QED) is 0.593. The highest BCUT2D eigenvalue weighted by molar-refractivity contribution is 5.92. The Kier molecular flexibility index (Phi) is 8.32. The molecule has 31 heavy (non-hydrogen) atoms. The lowest BCUT2D eigenvalue weighted by Gasteiger charge is -2.33. The van der Waals surface area contributed by atoms with Crippen LogP contribution in [0.3, 0.4) is 0 Å². The highest BCUT2D eigenvalue weighted by Crippen LogP contribution is 2.30. The number of carbonyl (C=O) groups excluding carboxylic acids is 1. The highest BCUT2D eigenvalue weighted by Gasteiger charge is 2.22. The number of piperidine rings is 1. The van der Waals surface area contributed by atoms with Crippen molar-refractivity contribution in [1.29, 1.82) is 0 Å². The Morgan fingerprint density at radius 1 is 1.23 bits per heavy atom. The zero-order valence-electron chi connectivity index (χ0n) is 18.7. The number of aromatic nitrogens is 2. The number of amides is 1. The van der Waals surface area contributed by atoms with Crippen LogP contribution in [0, 0.1) is 5.92 Å². The van der Waals surface area contributed by atoms with Gasteiger partial charge in [-0.3, -0.25) is 4.79 Å². The van der Waals surface area contributed by atoms with Gasteiger partial charge in [0.15, 0.2) is 0 Å². The summed E-state index contributed by atoms with van der Waals surface area (Å²) in [6.45, 7) is 4.91. The first-order valence-electron chi connectivity index (χ1n) is 11.0. The van der Waals surface area contributed by atoms with E-state index in [0.717, 1.165) is 57.0 Å². The normalized spacial score (nSPS) is 16.0. The molecule has 1 amide bonds. The van der Waals surface area contributed by atoms with E-state index in [1.54, 1.807) is 32.7 Å².